The first kappa shape index (κ1) is 17.8. The molecule has 134 valence electrons. The molecule has 1 N–H and O–H groups in total. The molecule has 0 aliphatic heterocycles. The van der Waals surface area contributed by atoms with Crippen LogP contribution < -0.4 is 5.32 Å². The zero-order valence-corrected chi connectivity index (χ0v) is 15.8. The lowest BCUT2D eigenvalue weighted by molar-refractivity contribution is -0.119. The summed E-state index contributed by atoms with van der Waals surface area (Å²) < 4.78 is 2.26. The SMILES string of the molecule is Cc1nnc(SCC(=O)N[C@H]2CCCC[C@H]2C)n1C1CCCCC1. The first-order valence-electron chi connectivity index (χ1n) is 9.49. The van der Waals surface area contributed by atoms with E-state index < -0.39 is 0 Å². The van der Waals surface area contributed by atoms with Crippen molar-refractivity contribution in [2.75, 3.05) is 5.75 Å². The second kappa shape index (κ2) is 8.37. The molecule has 2 aliphatic carbocycles. The zero-order valence-electron chi connectivity index (χ0n) is 15.0. The molecule has 2 atom stereocenters. The maximum atomic E-state index is 12.3. The Labute approximate surface area is 149 Å². The van der Waals surface area contributed by atoms with Crippen LogP contribution in [-0.2, 0) is 4.79 Å². The summed E-state index contributed by atoms with van der Waals surface area (Å²) in [4.78, 5) is 12.3. The van der Waals surface area contributed by atoms with Crippen LogP contribution >= 0.6 is 11.8 Å². The van der Waals surface area contributed by atoms with Gasteiger partial charge in [0, 0.05) is 12.1 Å². The molecule has 24 heavy (non-hydrogen) atoms. The van der Waals surface area contributed by atoms with Gasteiger partial charge in [-0.15, -0.1) is 10.2 Å². The molecule has 6 heteroatoms. The van der Waals surface area contributed by atoms with Crippen molar-refractivity contribution in [2.24, 2.45) is 5.92 Å². The summed E-state index contributed by atoms with van der Waals surface area (Å²) in [5, 5.41) is 12.7. The number of rotatable bonds is 5. The second-order valence-corrected chi connectivity index (χ2v) is 8.36. The average Bonchev–Trinajstić information content (AvgIpc) is 2.96. The van der Waals surface area contributed by atoms with Crippen LogP contribution in [0.2, 0.25) is 0 Å². The zero-order chi connectivity index (χ0) is 16.9. The highest BCUT2D eigenvalue weighted by molar-refractivity contribution is 7.99. The Morgan fingerprint density at radius 2 is 1.83 bits per heavy atom. The number of aryl methyl sites for hydroxylation is 1. The van der Waals surface area contributed by atoms with Crippen LogP contribution in [-0.4, -0.2) is 32.5 Å². The average molecular weight is 351 g/mol. The van der Waals surface area contributed by atoms with Crippen molar-refractivity contribution in [3.05, 3.63) is 5.82 Å². The second-order valence-electron chi connectivity index (χ2n) is 7.42. The highest BCUT2D eigenvalue weighted by atomic mass is 32.2. The standard InChI is InChI=1S/C18H30N4OS/c1-13-8-6-7-11-16(13)19-17(23)12-24-18-21-20-14(2)22(18)15-9-4-3-5-10-15/h13,15-16H,3-12H2,1-2H3,(H,19,23)/t13-,16+/m1/s1. The van der Waals surface area contributed by atoms with Gasteiger partial charge in [0.15, 0.2) is 5.16 Å². The fraction of sp³-hybridized carbons (Fsp3) is 0.833. The van der Waals surface area contributed by atoms with Crippen LogP contribution in [0.4, 0.5) is 0 Å². The summed E-state index contributed by atoms with van der Waals surface area (Å²) in [7, 11) is 0. The Morgan fingerprint density at radius 3 is 2.58 bits per heavy atom. The molecule has 5 nitrogen and oxygen atoms in total. The molecule has 2 aliphatic rings. The highest BCUT2D eigenvalue weighted by Gasteiger charge is 2.24. The molecule has 2 fully saturated rings. The van der Waals surface area contributed by atoms with E-state index in [9.17, 15) is 4.79 Å². The molecule has 3 rings (SSSR count). The van der Waals surface area contributed by atoms with Gasteiger partial charge in [-0.1, -0.05) is 50.8 Å². The third kappa shape index (κ3) is 4.32. The van der Waals surface area contributed by atoms with E-state index in [1.807, 2.05) is 6.92 Å². The summed E-state index contributed by atoms with van der Waals surface area (Å²) >= 11 is 1.54. The molecule has 1 amide bonds. The number of aromatic nitrogens is 3. The van der Waals surface area contributed by atoms with Crippen molar-refractivity contribution in [1.29, 1.82) is 0 Å². The Hall–Kier alpha value is -1.04. The fourth-order valence-corrected chi connectivity index (χ4v) is 4.98. The Kier molecular flexibility index (Phi) is 6.19. The van der Waals surface area contributed by atoms with Gasteiger partial charge in [0.25, 0.3) is 0 Å². The minimum absolute atomic E-state index is 0.134. The molecule has 2 saturated carbocycles. The summed E-state index contributed by atoms with van der Waals surface area (Å²) in [5.41, 5.74) is 0. The number of hydrogen-bond donors (Lipinski definition) is 1. The summed E-state index contributed by atoms with van der Waals surface area (Å²) in [6, 6.07) is 0.863. The van der Waals surface area contributed by atoms with Crippen molar-refractivity contribution in [3.8, 4) is 0 Å². The number of hydrogen-bond acceptors (Lipinski definition) is 4. The minimum atomic E-state index is 0.134. The van der Waals surface area contributed by atoms with Crippen LogP contribution in [0.25, 0.3) is 0 Å². The normalized spacial score (nSPS) is 25.6. The topological polar surface area (TPSA) is 59.8 Å². The number of amides is 1. The van der Waals surface area contributed by atoms with E-state index in [1.165, 1.54) is 63.1 Å². The lowest BCUT2D eigenvalue weighted by Crippen LogP contribution is -2.41. The van der Waals surface area contributed by atoms with Gasteiger partial charge in [0.1, 0.15) is 5.82 Å². The van der Waals surface area contributed by atoms with Gasteiger partial charge in [-0.05, 0) is 38.5 Å². The molecule has 1 heterocycles. The summed E-state index contributed by atoms with van der Waals surface area (Å²) in [5.74, 6) is 2.15. The quantitative estimate of drug-likeness (QED) is 0.819. The molecule has 1 aromatic heterocycles. The van der Waals surface area contributed by atoms with Gasteiger partial charge in [-0.25, -0.2) is 0 Å². The number of nitrogens with zero attached hydrogens (tertiary/aromatic N) is 3. The monoisotopic (exact) mass is 350 g/mol. The number of carbonyl (C=O) groups is 1. The van der Waals surface area contributed by atoms with E-state index in [4.69, 9.17) is 0 Å². The number of carbonyl (C=O) groups excluding carboxylic acids is 1. The van der Waals surface area contributed by atoms with E-state index in [0.29, 0.717) is 23.8 Å². The molecular weight excluding hydrogens is 320 g/mol. The van der Waals surface area contributed by atoms with Gasteiger partial charge in [0.2, 0.25) is 5.91 Å². The van der Waals surface area contributed by atoms with Gasteiger partial charge in [0.05, 0.1) is 5.75 Å². The van der Waals surface area contributed by atoms with Gasteiger partial charge >= 0.3 is 0 Å². The van der Waals surface area contributed by atoms with Gasteiger partial charge < -0.3 is 9.88 Å². The van der Waals surface area contributed by atoms with Crippen LogP contribution in [0, 0.1) is 12.8 Å². The maximum absolute atomic E-state index is 12.3. The van der Waals surface area contributed by atoms with E-state index in [2.05, 4.69) is 27.0 Å². The number of thioether (sulfide) groups is 1. The van der Waals surface area contributed by atoms with Crippen molar-refractivity contribution < 1.29 is 4.79 Å². The molecule has 1 aromatic rings. The summed E-state index contributed by atoms with van der Waals surface area (Å²) in [6.07, 6.45) is 11.2. The van der Waals surface area contributed by atoms with Crippen LogP contribution in [0.3, 0.4) is 0 Å². The first-order valence-corrected chi connectivity index (χ1v) is 10.5. The minimum Gasteiger partial charge on any atom is -0.352 e. The van der Waals surface area contributed by atoms with Gasteiger partial charge in [-0.2, -0.15) is 0 Å². The Morgan fingerprint density at radius 1 is 1.12 bits per heavy atom. The van der Waals surface area contributed by atoms with Crippen molar-refractivity contribution in [1.82, 2.24) is 20.1 Å². The molecule has 0 radical (unpaired) electrons. The molecule has 0 spiro atoms. The number of nitrogens with one attached hydrogen (secondary N) is 1. The maximum Gasteiger partial charge on any atom is 0.230 e. The molecular formula is C18H30N4OS. The smallest absolute Gasteiger partial charge is 0.230 e. The molecule has 0 bridgehead atoms. The van der Waals surface area contributed by atoms with E-state index in [-0.39, 0.29) is 5.91 Å². The fourth-order valence-electron chi connectivity index (χ4n) is 4.12. The Bertz CT molecular complexity index is 553. The molecule has 0 aromatic carbocycles. The highest BCUT2D eigenvalue weighted by Crippen LogP contribution is 2.32. The predicted molar refractivity (Wildman–Crippen MR) is 97.2 cm³/mol. The van der Waals surface area contributed by atoms with Gasteiger partial charge in [-0.3, -0.25) is 4.79 Å². The van der Waals surface area contributed by atoms with Crippen LogP contribution in [0.5, 0.6) is 0 Å². The lowest BCUT2D eigenvalue weighted by Gasteiger charge is -2.29. The van der Waals surface area contributed by atoms with E-state index >= 15 is 0 Å². The Balaban J connectivity index is 1.55. The first-order chi connectivity index (χ1) is 11.6. The van der Waals surface area contributed by atoms with Crippen molar-refractivity contribution in [3.63, 3.8) is 0 Å². The largest absolute Gasteiger partial charge is 0.352 e. The van der Waals surface area contributed by atoms with Crippen LogP contribution in [0.15, 0.2) is 5.16 Å². The van der Waals surface area contributed by atoms with E-state index in [0.717, 1.165) is 17.4 Å². The third-order valence-corrected chi connectivity index (χ3v) is 6.51. The predicted octanol–water partition coefficient (Wildman–Crippen LogP) is 3.88. The molecule has 0 unspecified atom stereocenters. The summed E-state index contributed by atoms with van der Waals surface area (Å²) in [6.45, 7) is 4.27. The lowest BCUT2D eigenvalue weighted by atomic mass is 9.86. The van der Waals surface area contributed by atoms with E-state index in [1.54, 1.807) is 0 Å². The van der Waals surface area contributed by atoms with Crippen molar-refractivity contribution in [2.45, 2.75) is 88.9 Å². The van der Waals surface area contributed by atoms with Crippen LogP contribution in [0.1, 0.15) is 76.6 Å². The molecule has 0 saturated heterocycles. The third-order valence-electron chi connectivity index (χ3n) is 5.57. The van der Waals surface area contributed by atoms with Crippen molar-refractivity contribution >= 4 is 17.7 Å².